The van der Waals surface area contributed by atoms with Crippen molar-refractivity contribution >= 4 is 62.4 Å². The van der Waals surface area contributed by atoms with E-state index < -0.39 is 15.9 Å². The van der Waals surface area contributed by atoms with Crippen LogP contribution in [0.4, 0.5) is 4.39 Å². The van der Waals surface area contributed by atoms with Crippen molar-refractivity contribution in [1.82, 2.24) is 3.97 Å². The number of benzene rings is 2. The lowest BCUT2D eigenvalue weighted by atomic mass is 10.1. The lowest BCUT2D eigenvalue weighted by Crippen LogP contribution is -2.16. The van der Waals surface area contributed by atoms with Gasteiger partial charge in [-0.05, 0) is 86.7 Å². The zero-order valence-electron chi connectivity index (χ0n) is 25.6. The summed E-state index contributed by atoms with van der Waals surface area (Å²) in [6.07, 6.45) is 7.27. The topological polar surface area (TPSA) is 77.7 Å². The first kappa shape index (κ1) is 37.5. The Hall–Kier alpha value is -2.69. The van der Waals surface area contributed by atoms with E-state index in [-0.39, 0.29) is 10.9 Å². The summed E-state index contributed by atoms with van der Waals surface area (Å²) in [6, 6.07) is 15.3. The van der Waals surface area contributed by atoms with E-state index in [1.54, 1.807) is 56.1 Å². The number of aromatic nitrogens is 1. The van der Waals surface area contributed by atoms with E-state index in [4.69, 9.17) is 23.2 Å². The molecule has 0 saturated carbocycles. The van der Waals surface area contributed by atoms with Gasteiger partial charge in [-0.25, -0.2) is 16.8 Å². The smallest absolute Gasteiger partial charge is 0.268 e. The first-order valence-corrected chi connectivity index (χ1v) is 17.4. The Labute approximate surface area is 275 Å². The molecule has 1 aromatic heterocycles. The molecule has 0 N–H and O–H groups in total. The predicted molar refractivity (Wildman–Crippen MR) is 184 cm³/mol. The van der Waals surface area contributed by atoms with Gasteiger partial charge in [0.2, 0.25) is 0 Å². The van der Waals surface area contributed by atoms with Crippen LogP contribution in [0.15, 0.2) is 82.5 Å². The number of fused-ring (bicyclic) bond motifs is 1. The predicted octanol–water partition coefficient (Wildman–Crippen LogP) is 8.77. The number of thioether (sulfide) groups is 1. The lowest BCUT2D eigenvalue weighted by Gasteiger charge is -2.11. The van der Waals surface area contributed by atoms with Crippen LogP contribution in [0.2, 0.25) is 10.0 Å². The normalized spacial score (nSPS) is 15.1. The summed E-state index contributed by atoms with van der Waals surface area (Å²) in [4.78, 5) is 15.1. The number of carbonyl (C=O) groups is 1. The van der Waals surface area contributed by atoms with Gasteiger partial charge >= 0.3 is 0 Å². The van der Waals surface area contributed by atoms with Crippen molar-refractivity contribution in [1.29, 1.82) is 0 Å². The number of halogens is 3. The van der Waals surface area contributed by atoms with Crippen molar-refractivity contribution in [2.45, 2.75) is 57.9 Å². The number of methoxy groups -OCH3 is 1. The number of hydrogen-bond acceptors (Lipinski definition) is 6. The first-order valence-electron chi connectivity index (χ1n) is 14.2. The molecule has 11 heteroatoms. The SMILES string of the molecule is CC.CCOC.Cc1cc2c(n1S(=O)(=O)c1ccccc1)C=C(F)C=CC2.O=CC1CSC(CCc2c(Cl)cccc2Cl)=N1. The van der Waals surface area contributed by atoms with Gasteiger partial charge < -0.3 is 9.53 Å². The van der Waals surface area contributed by atoms with E-state index in [2.05, 4.69) is 9.73 Å². The summed E-state index contributed by atoms with van der Waals surface area (Å²) < 4.78 is 45.0. The summed E-state index contributed by atoms with van der Waals surface area (Å²) in [5.41, 5.74) is 2.71. The van der Waals surface area contributed by atoms with E-state index in [1.165, 1.54) is 28.3 Å². The van der Waals surface area contributed by atoms with Crippen LogP contribution >= 0.6 is 35.0 Å². The van der Waals surface area contributed by atoms with Crippen LogP contribution in [0.5, 0.6) is 0 Å². The molecule has 0 bridgehead atoms. The van der Waals surface area contributed by atoms with Crippen molar-refractivity contribution in [2.75, 3.05) is 19.5 Å². The van der Waals surface area contributed by atoms with E-state index in [9.17, 15) is 17.6 Å². The maximum Gasteiger partial charge on any atom is 0.268 e. The van der Waals surface area contributed by atoms with Crippen LogP contribution in [-0.4, -0.2) is 49.2 Å². The van der Waals surface area contributed by atoms with Crippen LogP contribution in [-0.2, 0) is 32.4 Å². The first-order chi connectivity index (χ1) is 21.1. The Balaban J connectivity index is 0.000000265. The molecule has 6 nitrogen and oxygen atoms in total. The number of aldehydes is 1. The minimum Gasteiger partial charge on any atom is -0.385 e. The highest BCUT2D eigenvalue weighted by Crippen LogP contribution is 2.29. The molecule has 0 spiro atoms. The standard InChI is InChI=1S/C16H14FNO2S.C12H11Cl2NOS.C3H8O.C2H6/c1-12-10-13-6-5-7-14(17)11-16(13)18(12)21(19,20)15-8-3-2-4-9-15;13-10-2-1-3-11(14)9(10)4-5-12-15-8(6-16)7-17-12;1-3-4-2;1-2/h2-5,7-11H,6H2,1H3;1-3,6,8H,4-5,7H2;3H2,1-2H3;1-2H3. The van der Waals surface area contributed by atoms with Gasteiger partial charge in [0.25, 0.3) is 10.0 Å². The van der Waals surface area contributed by atoms with Gasteiger partial charge in [0.1, 0.15) is 18.2 Å². The number of aryl methyl sites for hydroxylation is 1. The van der Waals surface area contributed by atoms with Crippen LogP contribution in [0.1, 0.15) is 49.7 Å². The molecular formula is C33H39Cl2FN2O4S2. The molecule has 2 heterocycles. The number of rotatable bonds is 7. The molecule has 1 aliphatic heterocycles. The third-order valence-electron chi connectivity index (χ3n) is 6.25. The van der Waals surface area contributed by atoms with Gasteiger partial charge in [-0.1, -0.05) is 67.4 Å². The van der Waals surface area contributed by atoms with Gasteiger partial charge in [-0.15, -0.1) is 11.8 Å². The van der Waals surface area contributed by atoms with E-state index in [0.717, 1.165) is 47.7 Å². The summed E-state index contributed by atoms with van der Waals surface area (Å²) >= 11 is 13.8. The van der Waals surface area contributed by atoms with Crippen LogP contribution in [0, 0.1) is 6.92 Å². The minimum atomic E-state index is -3.73. The Morgan fingerprint density at radius 3 is 2.30 bits per heavy atom. The van der Waals surface area contributed by atoms with Gasteiger partial charge in [-0.3, -0.25) is 4.99 Å². The van der Waals surface area contributed by atoms with Gasteiger partial charge in [-0.2, -0.15) is 0 Å². The zero-order chi connectivity index (χ0) is 32.7. The zero-order valence-corrected chi connectivity index (χ0v) is 28.7. The van der Waals surface area contributed by atoms with Crippen molar-refractivity contribution in [3.63, 3.8) is 0 Å². The second-order valence-electron chi connectivity index (χ2n) is 9.23. The molecule has 0 amide bonds. The maximum atomic E-state index is 13.7. The molecule has 2 aliphatic rings. The Kier molecular flexibility index (Phi) is 16.2. The summed E-state index contributed by atoms with van der Waals surface area (Å²) in [6.45, 7) is 8.49. The Morgan fingerprint density at radius 2 is 1.73 bits per heavy atom. The number of nitrogens with zero attached hydrogens (tertiary/aromatic N) is 2. The molecule has 0 radical (unpaired) electrons. The molecular weight excluding hydrogens is 642 g/mol. The molecule has 5 rings (SSSR count). The third-order valence-corrected chi connectivity index (χ3v) is 9.94. The minimum absolute atomic E-state index is 0.170. The van der Waals surface area contributed by atoms with E-state index in [0.29, 0.717) is 27.9 Å². The molecule has 3 aromatic rings. The van der Waals surface area contributed by atoms with Crippen molar-refractivity contribution in [3.8, 4) is 0 Å². The summed E-state index contributed by atoms with van der Waals surface area (Å²) in [5.74, 6) is 0.311. The molecule has 44 heavy (non-hydrogen) atoms. The Bertz CT molecular complexity index is 1550. The number of allylic oxidation sites excluding steroid dienone is 3. The third kappa shape index (κ3) is 10.4. The fourth-order valence-corrected chi connectivity index (χ4v) is 7.30. The number of carbonyl (C=O) groups excluding carboxylic acids is 1. The van der Waals surface area contributed by atoms with E-state index >= 15 is 0 Å². The molecule has 1 atom stereocenters. The van der Waals surface area contributed by atoms with Crippen molar-refractivity contribution < 1.29 is 22.3 Å². The molecule has 2 aromatic carbocycles. The fourth-order valence-electron chi connectivity index (χ4n) is 4.16. The average molecular weight is 682 g/mol. The molecule has 1 aliphatic carbocycles. The van der Waals surface area contributed by atoms with Gasteiger partial charge in [0.05, 0.1) is 15.6 Å². The Morgan fingerprint density at radius 1 is 1.09 bits per heavy atom. The quantitative estimate of drug-likeness (QED) is 0.233. The highest BCUT2D eigenvalue weighted by Gasteiger charge is 2.24. The highest BCUT2D eigenvalue weighted by molar-refractivity contribution is 8.14. The monoisotopic (exact) mass is 680 g/mol. The number of ether oxygens (including phenoxy) is 1. The molecule has 0 saturated heterocycles. The number of hydrogen-bond donors (Lipinski definition) is 0. The lowest BCUT2D eigenvalue weighted by molar-refractivity contribution is -0.108. The largest absolute Gasteiger partial charge is 0.385 e. The summed E-state index contributed by atoms with van der Waals surface area (Å²) in [7, 11) is -2.05. The van der Waals surface area contributed by atoms with Crippen LogP contribution in [0.25, 0.3) is 6.08 Å². The molecule has 238 valence electrons. The van der Waals surface area contributed by atoms with E-state index in [1.807, 2.05) is 39.0 Å². The maximum absolute atomic E-state index is 13.7. The summed E-state index contributed by atoms with van der Waals surface area (Å²) in [5, 5.41) is 2.39. The second-order valence-corrected chi connectivity index (χ2v) is 12.9. The molecule has 1 unspecified atom stereocenters. The number of aliphatic imine (C=N–C) groups is 1. The average Bonchev–Trinajstić information content (AvgIpc) is 3.57. The van der Waals surface area contributed by atoms with Gasteiger partial charge in [0.15, 0.2) is 0 Å². The van der Waals surface area contributed by atoms with Crippen molar-refractivity contribution in [3.05, 3.63) is 105 Å². The second kappa shape index (κ2) is 19.0. The van der Waals surface area contributed by atoms with Crippen LogP contribution in [0.3, 0.4) is 0 Å². The fraction of sp³-hybridized carbons (Fsp3) is 0.333. The van der Waals surface area contributed by atoms with Crippen LogP contribution < -0.4 is 0 Å². The highest BCUT2D eigenvalue weighted by atomic mass is 35.5. The molecule has 0 fully saturated rings. The van der Waals surface area contributed by atoms with Crippen molar-refractivity contribution in [2.24, 2.45) is 4.99 Å². The van der Waals surface area contributed by atoms with Gasteiger partial charge in [0, 0.05) is 35.2 Å².